The van der Waals surface area contributed by atoms with Gasteiger partial charge in [0.2, 0.25) is 0 Å². The molecule has 0 fully saturated rings. The van der Waals surface area contributed by atoms with E-state index in [0.29, 0.717) is 6.61 Å². The summed E-state index contributed by atoms with van der Waals surface area (Å²) in [5.41, 5.74) is 1.07. The number of benzene rings is 1. The molecule has 0 aliphatic rings. The predicted molar refractivity (Wildman–Crippen MR) is 80.3 cm³/mol. The molecule has 1 N–H and O–H groups in total. The second-order valence-electron chi connectivity index (χ2n) is 4.44. The number of pyridine rings is 1. The Bertz CT molecular complexity index is 544. The number of methoxy groups -OCH3 is 1. The van der Waals surface area contributed by atoms with Gasteiger partial charge in [-0.2, -0.15) is 0 Å². The van der Waals surface area contributed by atoms with Crippen molar-refractivity contribution in [1.82, 2.24) is 4.98 Å². The molecule has 0 spiro atoms. The Labute approximate surface area is 119 Å². The van der Waals surface area contributed by atoms with Crippen LogP contribution in [0.25, 0.3) is 0 Å². The van der Waals surface area contributed by atoms with Gasteiger partial charge in [-0.3, -0.25) is 0 Å². The largest absolute Gasteiger partial charge is 0.497 e. The lowest BCUT2D eigenvalue weighted by molar-refractivity contribution is 0.305. The lowest BCUT2D eigenvalue weighted by atomic mass is 10.2. The summed E-state index contributed by atoms with van der Waals surface area (Å²) in [4.78, 5) is 4.25. The van der Waals surface area contributed by atoms with Crippen molar-refractivity contribution in [2.45, 2.75) is 20.0 Å². The molecule has 1 aromatic heterocycles. The molecular formula is C16H20N2O2. The Balaban J connectivity index is 1.95. The highest BCUT2D eigenvalue weighted by Crippen LogP contribution is 2.18. The molecule has 0 aliphatic carbocycles. The maximum atomic E-state index is 5.78. The third kappa shape index (κ3) is 4.16. The maximum absolute atomic E-state index is 5.78. The highest BCUT2D eigenvalue weighted by Gasteiger charge is 2.00. The van der Waals surface area contributed by atoms with E-state index >= 15 is 0 Å². The van der Waals surface area contributed by atoms with E-state index in [0.717, 1.165) is 35.8 Å². The van der Waals surface area contributed by atoms with Crippen molar-refractivity contribution in [3.63, 3.8) is 0 Å². The summed E-state index contributed by atoms with van der Waals surface area (Å²) in [5, 5.41) is 3.24. The van der Waals surface area contributed by atoms with Crippen LogP contribution in [0.5, 0.6) is 11.5 Å². The molecule has 0 bridgehead atoms. The zero-order valence-electron chi connectivity index (χ0n) is 11.9. The van der Waals surface area contributed by atoms with Crippen LogP contribution in [0.3, 0.4) is 0 Å². The van der Waals surface area contributed by atoms with Crippen LogP contribution < -0.4 is 14.8 Å². The highest BCUT2D eigenvalue weighted by atomic mass is 16.5. The molecule has 0 saturated carbocycles. The SMILES string of the molecule is CCCNc1cc(OCc2cccc(OC)c2)ccn1. The normalized spacial score (nSPS) is 10.1. The number of nitrogens with zero attached hydrogens (tertiary/aromatic N) is 1. The van der Waals surface area contributed by atoms with Crippen LogP contribution in [-0.2, 0) is 6.61 Å². The second kappa shape index (κ2) is 7.38. The summed E-state index contributed by atoms with van der Waals surface area (Å²) in [7, 11) is 1.66. The van der Waals surface area contributed by atoms with E-state index in [1.807, 2.05) is 36.4 Å². The van der Waals surface area contributed by atoms with Gasteiger partial charge in [0.05, 0.1) is 7.11 Å². The predicted octanol–water partition coefficient (Wildman–Crippen LogP) is 3.49. The average molecular weight is 272 g/mol. The standard InChI is InChI=1S/C16H20N2O2/c1-3-8-17-16-11-15(7-9-18-16)20-12-13-5-4-6-14(10-13)19-2/h4-7,9-11H,3,8,12H2,1-2H3,(H,17,18). The maximum Gasteiger partial charge on any atom is 0.129 e. The van der Waals surface area contributed by atoms with Gasteiger partial charge in [-0.25, -0.2) is 4.98 Å². The molecule has 2 aromatic rings. The number of hydrogen-bond donors (Lipinski definition) is 1. The van der Waals surface area contributed by atoms with Gasteiger partial charge in [-0.15, -0.1) is 0 Å². The number of ether oxygens (including phenoxy) is 2. The zero-order valence-corrected chi connectivity index (χ0v) is 11.9. The topological polar surface area (TPSA) is 43.4 Å². The molecule has 1 aromatic carbocycles. The Morgan fingerprint density at radius 3 is 2.85 bits per heavy atom. The van der Waals surface area contributed by atoms with E-state index < -0.39 is 0 Å². The molecule has 0 amide bonds. The van der Waals surface area contributed by atoms with Crippen LogP contribution in [0.4, 0.5) is 5.82 Å². The summed E-state index contributed by atoms with van der Waals surface area (Å²) in [6.07, 6.45) is 2.81. The smallest absolute Gasteiger partial charge is 0.129 e. The van der Waals surface area contributed by atoms with Crippen LogP contribution in [0.15, 0.2) is 42.6 Å². The monoisotopic (exact) mass is 272 g/mol. The van der Waals surface area contributed by atoms with E-state index in [1.54, 1.807) is 13.3 Å². The highest BCUT2D eigenvalue weighted by molar-refractivity contribution is 5.40. The summed E-state index contributed by atoms with van der Waals surface area (Å²) < 4.78 is 11.0. The molecular weight excluding hydrogens is 252 g/mol. The molecule has 1 heterocycles. The van der Waals surface area contributed by atoms with Crippen molar-refractivity contribution in [3.8, 4) is 11.5 Å². The van der Waals surface area contributed by atoms with Crippen LogP contribution in [0.2, 0.25) is 0 Å². The molecule has 4 nitrogen and oxygen atoms in total. The van der Waals surface area contributed by atoms with Gasteiger partial charge in [0.1, 0.15) is 23.9 Å². The van der Waals surface area contributed by atoms with Gasteiger partial charge >= 0.3 is 0 Å². The average Bonchev–Trinajstić information content (AvgIpc) is 2.51. The van der Waals surface area contributed by atoms with Crippen molar-refractivity contribution >= 4 is 5.82 Å². The van der Waals surface area contributed by atoms with E-state index in [1.165, 1.54) is 0 Å². The molecule has 0 radical (unpaired) electrons. The Kier molecular flexibility index (Phi) is 5.24. The first-order chi connectivity index (χ1) is 9.81. The van der Waals surface area contributed by atoms with Crippen LogP contribution >= 0.6 is 0 Å². The first-order valence-electron chi connectivity index (χ1n) is 6.77. The fourth-order valence-corrected chi connectivity index (χ4v) is 1.78. The molecule has 0 saturated heterocycles. The van der Waals surface area contributed by atoms with Crippen molar-refractivity contribution in [3.05, 3.63) is 48.2 Å². The number of aromatic nitrogens is 1. The summed E-state index contributed by atoms with van der Waals surface area (Å²) in [6.45, 7) is 3.54. The van der Waals surface area contributed by atoms with Gasteiger partial charge in [0, 0.05) is 18.8 Å². The van der Waals surface area contributed by atoms with Crippen molar-refractivity contribution < 1.29 is 9.47 Å². The molecule has 2 rings (SSSR count). The molecule has 0 aliphatic heterocycles. The quantitative estimate of drug-likeness (QED) is 0.838. The minimum Gasteiger partial charge on any atom is -0.497 e. The Morgan fingerprint density at radius 1 is 1.15 bits per heavy atom. The lowest BCUT2D eigenvalue weighted by Crippen LogP contribution is -2.02. The van der Waals surface area contributed by atoms with Gasteiger partial charge in [0.15, 0.2) is 0 Å². The minimum atomic E-state index is 0.508. The van der Waals surface area contributed by atoms with E-state index in [9.17, 15) is 0 Å². The zero-order chi connectivity index (χ0) is 14.2. The molecule has 0 atom stereocenters. The van der Waals surface area contributed by atoms with Gasteiger partial charge in [-0.05, 0) is 30.2 Å². The summed E-state index contributed by atoms with van der Waals surface area (Å²) in [5.74, 6) is 2.49. The van der Waals surface area contributed by atoms with E-state index in [4.69, 9.17) is 9.47 Å². The van der Waals surface area contributed by atoms with Crippen LogP contribution in [-0.4, -0.2) is 18.6 Å². The fourth-order valence-electron chi connectivity index (χ4n) is 1.78. The van der Waals surface area contributed by atoms with Gasteiger partial charge in [-0.1, -0.05) is 19.1 Å². The van der Waals surface area contributed by atoms with Crippen molar-refractivity contribution in [1.29, 1.82) is 0 Å². The molecule has 106 valence electrons. The third-order valence-electron chi connectivity index (χ3n) is 2.83. The molecule has 0 unspecified atom stereocenters. The van der Waals surface area contributed by atoms with E-state index in [-0.39, 0.29) is 0 Å². The van der Waals surface area contributed by atoms with Crippen molar-refractivity contribution in [2.75, 3.05) is 19.0 Å². The minimum absolute atomic E-state index is 0.508. The molecule has 4 heteroatoms. The number of nitrogens with one attached hydrogen (secondary N) is 1. The first-order valence-corrected chi connectivity index (χ1v) is 6.77. The van der Waals surface area contributed by atoms with Gasteiger partial charge < -0.3 is 14.8 Å². The van der Waals surface area contributed by atoms with Crippen LogP contribution in [0, 0.1) is 0 Å². The Morgan fingerprint density at radius 2 is 2.05 bits per heavy atom. The summed E-state index contributed by atoms with van der Waals surface area (Å²) >= 11 is 0. The lowest BCUT2D eigenvalue weighted by Gasteiger charge is -2.09. The van der Waals surface area contributed by atoms with E-state index in [2.05, 4.69) is 17.2 Å². The number of rotatable bonds is 7. The van der Waals surface area contributed by atoms with Crippen molar-refractivity contribution in [2.24, 2.45) is 0 Å². The number of hydrogen-bond acceptors (Lipinski definition) is 4. The Hall–Kier alpha value is -2.23. The number of anilines is 1. The fraction of sp³-hybridized carbons (Fsp3) is 0.312. The third-order valence-corrected chi connectivity index (χ3v) is 2.83. The second-order valence-corrected chi connectivity index (χ2v) is 4.44. The van der Waals surface area contributed by atoms with Crippen LogP contribution in [0.1, 0.15) is 18.9 Å². The summed E-state index contributed by atoms with van der Waals surface area (Å²) in [6, 6.07) is 11.6. The van der Waals surface area contributed by atoms with Gasteiger partial charge in [0.25, 0.3) is 0 Å². The molecule has 20 heavy (non-hydrogen) atoms. The first kappa shape index (κ1) is 14.2.